The fourth-order valence-electron chi connectivity index (χ4n) is 2.74. The van der Waals surface area contributed by atoms with Gasteiger partial charge in [0.2, 0.25) is 0 Å². The van der Waals surface area contributed by atoms with E-state index < -0.39 is 4.92 Å². The van der Waals surface area contributed by atoms with Gasteiger partial charge in [-0.25, -0.2) is 4.98 Å². The van der Waals surface area contributed by atoms with Crippen LogP contribution < -0.4 is 5.32 Å². The number of rotatable bonds is 4. The van der Waals surface area contributed by atoms with Crippen LogP contribution in [0, 0.1) is 10.1 Å². The molecule has 0 saturated carbocycles. The lowest BCUT2D eigenvalue weighted by atomic mass is 10.1. The number of para-hydroxylation sites is 1. The van der Waals surface area contributed by atoms with E-state index in [9.17, 15) is 10.1 Å². The Morgan fingerprint density at radius 1 is 1.48 bits per heavy atom. The molecule has 1 aliphatic rings. The summed E-state index contributed by atoms with van der Waals surface area (Å²) < 4.78 is 5.65. The number of hydrogen-bond acceptors (Lipinski definition) is 5. The third kappa shape index (κ3) is 2.67. The minimum absolute atomic E-state index is 0.00135. The predicted molar refractivity (Wildman–Crippen MR) is 80.5 cm³/mol. The molecule has 2 unspecified atom stereocenters. The van der Waals surface area contributed by atoms with Crippen LogP contribution in [-0.2, 0) is 4.74 Å². The molecular formula is C15H17N3O3. The maximum atomic E-state index is 11.3. The maximum Gasteiger partial charge on any atom is 0.311 e. The first-order valence-electron chi connectivity index (χ1n) is 7.07. The molecule has 1 aromatic carbocycles. The van der Waals surface area contributed by atoms with Gasteiger partial charge < -0.3 is 10.1 Å². The van der Waals surface area contributed by atoms with Crippen LogP contribution in [0.15, 0.2) is 30.5 Å². The predicted octanol–water partition coefficient (Wildman–Crippen LogP) is 3.12. The van der Waals surface area contributed by atoms with Crippen molar-refractivity contribution in [1.29, 1.82) is 0 Å². The van der Waals surface area contributed by atoms with E-state index in [4.69, 9.17) is 4.74 Å². The SMILES string of the molecule is CC(Nc1c([N+](=O)[O-])cnc2ccccc12)C1CCCO1. The highest BCUT2D eigenvalue weighted by atomic mass is 16.6. The molecule has 1 aliphatic heterocycles. The zero-order chi connectivity index (χ0) is 14.8. The van der Waals surface area contributed by atoms with Crippen molar-refractivity contribution in [2.24, 2.45) is 0 Å². The molecular weight excluding hydrogens is 270 g/mol. The lowest BCUT2D eigenvalue weighted by molar-refractivity contribution is -0.384. The van der Waals surface area contributed by atoms with Crippen molar-refractivity contribution in [3.8, 4) is 0 Å². The minimum Gasteiger partial charge on any atom is -0.376 e. The number of benzene rings is 1. The van der Waals surface area contributed by atoms with E-state index in [0.717, 1.165) is 30.4 Å². The Kier molecular flexibility index (Phi) is 3.70. The topological polar surface area (TPSA) is 77.3 Å². The highest BCUT2D eigenvalue weighted by Gasteiger charge is 2.26. The van der Waals surface area contributed by atoms with Crippen LogP contribution in [0.2, 0.25) is 0 Å². The molecule has 0 aliphatic carbocycles. The number of nitro groups is 1. The molecule has 0 radical (unpaired) electrons. The first-order chi connectivity index (χ1) is 10.2. The van der Waals surface area contributed by atoms with E-state index in [1.807, 2.05) is 31.2 Å². The lowest BCUT2D eigenvalue weighted by Gasteiger charge is -2.21. The van der Waals surface area contributed by atoms with Crippen molar-refractivity contribution in [3.05, 3.63) is 40.6 Å². The van der Waals surface area contributed by atoms with Gasteiger partial charge in [0, 0.05) is 18.0 Å². The first-order valence-corrected chi connectivity index (χ1v) is 7.07. The summed E-state index contributed by atoms with van der Waals surface area (Å²) in [5.41, 5.74) is 1.26. The van der Waals surface area contributed by atoms with Crippen LogP contribution >= 0.6 is 0 Å². The molecule has 2 aromatic rings. The highest BCUT2D eigenvalue weighted by molar-refractivity contribution is 5.95. The average molecular weight is 287 g/mol. The molecule has 2 heterocycles. The van der Waals surface area contributed by atoms with E-state index >= 15 is 0 Å². The lowest BCUT2D eigenvalue weighted by Crippen LogP contribution is -2.30. The molecule has 0 amide bonds. The average Bonchev–Trinajstić information content (AvgIpc) is 3.01. The normalized spacial score (nSPS) is 19.6. The Morgan fingerprint density at radius 3 is 3.00 bits per heavy atom. The van der Waals surface area contributed by atoms with Crippen molar-refractivity contribution < 1.29 is 9.66 Å². The standard InChI is InChI=1S/C15H17N3O3/c1-10(14-7-4-8-21-14)17-15-11-5-2-3-6-12(11)16-9-13(15)18(19)20/h2-3,5-6,9-10,14H,4,7-8H2,1H3,(H,16,17). The van der Waals surface area contributed by atoms with Gasteiger partial charge in [-0.1, -0.05) is 18.2 Å². The van der Waals surface area contributed by atoms with Gasteiger partial charge in [0.05, 0.1) is 16.5 Å². The molecule has 110 valence electrons. The van der Waals surface area contributed by atoms with Crippen LogP contribution in [0.1, 0.15) is 19.8 Å². The molecule has 0 bridgehead atoms. The van der Waals surface area contributed by atoms with E-state index in [-0.39, 0.29) is 17.8 Å². The van der Waals surface area contributed by atoms with Gasteiger partial charge in [-0.05, 0) is 25.8 Å². The molecule has 21 heavy (non-hydrogen) atoms. The number of hydrogen-bond donors (Lipinski definition) is 1. The number of nitrogens with zero attached hydrogens (tertiary/aromatic N) is 2. The summed E-state index contributed by atoms with van der Waals surface area (Å²) in [4.78, 5) is 15.0. The number of aromatic nitrogens is 1. The third-order valence-electron chi connectivity index (χ3n) is 3.85. The van der Waals surface area contributed by atoms with E-state index in [2.05, 4.69) is 10.3 Å². The first kappa shape index (κ1) is 13.8. The molecule has 1 aromatic heterocycles. The molecule has 1 saturated heterocycles. The molecule has 1 N–H and O–H groups in total. The van der Waals surface area contributed by atoms with Crippen molar-refractivity contribution in [3.63, 3.8) is 0 Å². The van der Waals surface area contributed by atoms with Crippen molar-refractivity contribution >= 4 is 22.3 Å². The Hall–Kier alpha value is -2.21. The molecule has 6 heteroatoms. The fraction of sp³-hybridized carbons (Fsp3) is 0.400. The van der Waals surface area contributed by atoms with Gasteiger partial charge in [-0.3, -0.25) is 10.1 Å². The number of anilines is 1. The monoisotopic (exact) mass is 287 g/mol. The summed E-state index contributed by atoms with van der Waals surface area (Å²) in [6.45, 7) is 2.75. The summed E-state index contributed by atoms with van der Waals surface area (Å²) in [6, 6.07) is 7.43. The zero-order valence-electron chi connectivity index (χ0n) is 11.8. The van der Waals surface area contributed by atoms with Gasteiger partial charge in [-0.15, -0.1) is 0 Å². The molecule has 0 spiro atoms. The Bertz CT molecular complexity index is 668. The third-order valence-corrected chi connectivity index (χ3v) is 3.85. The molecule has 6 nitrogen and oxygen atoms in total. The van der Waals surface area contributed by atoms with Crippen LogP contribution in [0.25, 0.3) is 10.9 Å². The van der Waals surface area contributed by atoms with E-state index in [1.165, 1.54) is 6.20 Å². The Labute approximate surface area is 122 Å². The number of nitrogens with one attached hydrogen (secondary N) is 1. The summed E-state index contributed by atoms with van der Waals surface area (Å²) in [5.74, 6) is 0. The zero-order valence-corrected chi connectivity index (χ0v) is 11.8. The van der Waals surface area contributed by atoms with Crippen LogP contribution in [-0.4, -0.2) is 28.7 Å². The summed E-state index contributed by atoms with van der Waals surface area (Å²) in [7, 11) is 0. The van der Waals surface area contributed by atoms with Gasteiger partial charge in [-0.2, -0.15) is 0 Å². The minimum atomic E-state index is -0.399. The summed E-state index contributed by atoms with van der Waals surface area (Å²) in [5, 5.41) is 15.3. The number of fused-ring (bicyclic) bond motifs is 1. The Balaban J connectivity index is 2.01. The molecule has 1 fully saturated rings. The number of pyridine rings is 1. The highest BCUT2D eigenvalue weighted by Crippen LogP contribution is 2.33. The second-order valence-corrected chi connectivity index (χ2v) is 5.28. The Morgan fingerprint density at radius 2 is 2.29 bits per heavy atom. The van der Waals surface area contributed by atoms with Crippen LogP contribution in [0.5, 0.6) is 0 Å². The van der Waals surface area contributed by atoms with Gasteiger partial charge in [0.25, 0.3) is 0 Å². The van der Waals surface area contributed by atoms with Crippen molar-refractivity contribution in [2.45, 2.75) is 31.9 Å². The van der Waals surface area contributed by atoms with Crippen molar-refractivity contribution in [1.82, 2.24) is 4.98 Å². The van der Waals surface area contributed by atoms with E-state index in [0.29, 0.717) is 5.69 Å². The van der Waals surface area contributed by atoms with E-state index in [1.54, 1.807) is 0 Å². The quantitative estimate of drug-likeness (QED) is 0.690. The molecule has 2 atom stereocenters. The van der Waals surface area contributed by atoms with Crippen LogP contribution in [0.4, 0.5) is 11.4 Å². The van der Waals surface area contributed by atoms with Crippen LogP contribution in [0.3, 0.4) is 0 Å². The number of ether oxygens (including phenoxy) is 1. The van der Waals surface area contributed by atoms with Gasteiger partial charge >= 0.3 is 5.69 Å². The van der Waals surface area contributed by atoms with Gasteiger partial charge in [0.1, 0.15) is 11.9 Å². The summed E-state index contributed by atoms with van der Waals surface area (Å²) >= 11 is 0. The largest absolute Gasteiger partial charge is 0.376 e. The fourth-order valence-corrected chi connectivity index (χ4v) is 2.74. The second-order valence-electron chi connectivity index (χ2n) is 5.28. The maximum absolute atomic E-state index is 11.3. The summed E-state index contributed by atoms with van der Waals surface area (Å²) in [6.07, 6.45) is 3.42. The smallest absolute Gasteiger partial charge is 0.311 e. The second kappa shape index (κ2) is 5.65. The molecule has 3 rings (SSSR count). The van der Waals surface area contributed by atoms with Gasteiger partial charge in [0.15, 0.2) is 0 Å². The van der Waals surface area contributed by atoms with Crippen molar-refractivity contribution in [2.75, 3.05) is 11.9 Å².